The molecule has 0 saturated heterocycles. The van der Waals surface area contributed by atoms with E-state index in [4.69, 9.17) is 11.6 Å². The van der Waals surface area contributed by atoms with Gasteiger partial charge in [0.1, 0.15) is 6.92 Å². The van der Waals surface area contributed by atoms with Crippen molar-refractivity contribution in [2.75, 3.05) is 6.61 Å². The Morgan fingerprint density at radius 2 is 2.50 bits per heavy atom. The Labute approximate surface area is 87.4 Å². The van der Waals surface area contributed by atoms with Crippen LogP contribution in [0.3, 0.4) is 0 Å². The average molecular weight is 211 g/mol. The lowest BCUT2D eigenvalue weighted by atomic mass is 10.2. The van der Waals surface area contributed by atoms with E-state index in [1.807, 2.05) is 0 Å². The number of aromatic nitrogens is 1. The van der Waals surface area contributed by atoms with Crippen LogP contribution in [0.5, 0.6) is 0 Å². The van der Waals surface area contributed by atoms with Crippen LogP contribution in [-0.4, -0.2) is 17.6 Å². The lowest BCUT2D eigenvalue weighted by molar-refractivity contribution is 0.0547. The van der Waals surface area contributed by atoms with E-state index in [-0.39, 0.29) is 12.2 Å². The molecule has 1 aromatic rings. The molecule has 0 aliphatic rings. The average Bonchev–Trinajstić information content (AvgIpc) is 2.17. The summed E-state index contributed by atoms with van der Waals surface area (Å²) in [7, 11) is 0. The molecular formula is C10H9ClNO2+. The van der Waals surface area contributed by atoms with Crippen LogP contribution in [0.25, 0.3) is 6.08 Å². The van der Waals surface area contributed by atoms with Crippen LogP contribution in [0.15, 0.2) is 18.8 Å². The van der Waals surface area contributed by atoms with Crippen LogP contribution in [-0.2, 0) is 4.74 Å². The summed E-state index contributed by atoms with van der Waals surface area (Å²) in [6, 6.07) is 1.55. The molecule has 0 N–H and O–H groups in total. The van der Waals surface area contributed by atoms with Gasteiger partial charge in [-0.15, -0.1) is 0 Å². The third-order valence-electron chi connectivity index (χ3n) is 1.54. The normalized spacial score (nSPS) is 9.50. The number of hydrogen-bond acceptors (Lipinski definition) is 3. The number of carbonyl (C=O) groups excluding carboxylic acids is 1. The fourth-order valence-electron chi connectivity index (χ4n) is 0.878. The number of esters is 1. The standard InChI is InChI=1S/C10H9ClNO2/c1-3-7-5-9(11)8(6-12-7)10(13)14-4-2/h3,5-6H,1-2,4H2/q+1. The molecule has 0 spiro atoms. The van der Waals surface area contributed by atoms with Gasteiger partial charge < -0.3 is 4.74 Å². The van der Waals surface area contributed by atoms with Crippen LogP contribution in [0.2, 0.25) is 5.02 Å². The van der Waals surface area contributed by atoms with Crippen LogP contribution in [0, 0.1) is 6.92 Å². The van der Waals surface area contributed by atoms with Gasteiger partial charge in [-0.25, -0.2) is 4.79 Å². The molecular weight excluding hydrogens is 202 g/mol. The van der Waals surface area contributed by atoms with E-state index in [0.717, 1.165) is 0 Å². The predicted molar refractivity (Wildman–Crippen MR) is 55.0 cm³/mol. The van der Waals surface area contributed by atoms with Gasteiger partial charge in [0.25, 0.3) is 0 Å². The summed E-state index contributed by atoms with van der Waals surface area (Å²) in [5.41, 5.74) is 0.849. The molecule has 0 fully saturated rings. The molecule has 0 aliphatic heterocycles. The molecule has 0 aromatic carbocycles. The zero-order chi connectivity index (χ0) is 10.6. The molecule has 14 heavy (non-hydrogen) atoms. The van der Waals surface area contributed by atoms with Gasteiger partial charge in [-0.1, -0.05) is 18.2 Å². The molecule has 0 amide bonds. The minimum Gasteiger partial charge on any atom is -0.420 e. The van der Waals surface area contributed by atoms with Crippen molar-refractivity contribution >= 4 is 23.6 Å². The minimum absolute atomic E-state index is 0.0678. The van der Waals surface area contributed by atoms with Crippen molar-refractivity contribution in [3.8, 4) is 0 Å². The summed E-state index contributed by atoms with van der Waals surface area (Å²) >= 11 is 5.83. The number of pyridine rings is 1. The maximum absolute atomic E-state index is 11.3. The summed E-state index contributed by atoms with van der Waals surface area (Å²) in [5, 5.41) is 0.299. The van der Waals surface area contributed by atoms with Gasteiger partial charge >= 0.3 is 5.97 Å². The molecule has 0 saturated carbocycles. The molecule has 0 radical (unpaired) electrons. The van der Waals surface area contributed by atoms with Crippen molar-refractivity contribution in [2.45, 2.75) is 0 Å². The Morgan fingerprint density at radius 1 is 1.79 bits per heavy atom. The van der Waals surface area contributed by atoms with Crippen molar-refractivity contribution in [3.05, 3.63) is 42.0 Å². The lowest BCUT2D eigenvalue weighted by Crippen LogP contribution is -2.06. The Balaban J connectivity index is 2.99. The zero-order valence-corrected chi connectivity index (χ0v) is 8.25. The van der Waals surface area contributed by atoms with E-state index < -0.39 is 5.97 Å². The Morgan fingerprint density at radius 3 is 3.00 bits per heavy atom. The fraction of sp³-hybridized carbons (Fsp3) is 0.100. The second-order valence-electron chi connectivity index (χ2n) is 2.43. The first-order valence-corrected chi connectivity index (χ1v) is 4.31. The molecule has 4 heteroatoms. The van der Waals surface area contributed by atoms with E-state index >= 15 is 0 Å². The highest BCUT2D eigenvalue weighted by Crippen LogP contribution is 2.17. The van der Waals surface area contributed by atoms with Gasteiger partial charge in [-0.3, -0.25) is 4.98 Å². The second kappa shape index (κ2) is 4.67. The summed E-state index contributed by atoms with van der Waals surface area (Å²) in [6.07, 6.45) is 2.90. The maximum Gasteiger partial charge on any atom is 0.344 e. The molecule has 1 heterocycles. The molecule has 72 valence electrons. The van der Waals surface area contributed by atoms with Gasteiger partial charge in [0.05, 0.1) is 16.3 Å². The Kier molecular flexibility index (Phi) is 3.54. The first-order chi connectivity index (χ1) is 6.69. The highest BCUT2D eigenvalue weighted by atomic mass is 35.5. The highest BCUT2D eigenvalue weighted by Gasteiger charge is 2.12. The van der Waals surface area contributed by atoms with Gasteiger partial charge in [-0.05, 0) is 12.1 Å². The van der Waals surface area contributed by atoms with E-state index in [9.17, 15) is 4.79 Å². The van der Waals surface area contributed by atoms with E-state index in [1.165, 1.54) is 6.20 Å². The van der Waals surface area contributed by atoms with Gasteiger partial charge in [-0.2, -0.15) is 0 Å². The second-order valence-corrected chi connectivity index (χ2v) is 2.84. The van der Waals surface area contributed by atoms with E-state index in [1.54, 1.807) is 12.1 Å². The molecule has 3 nitrogen and oxygen atoms in total. The summed E-state index contributed by atoms with van der Waals surface area (Å²) in [5.74, 6) is -0.520. The zero-order valence-electron chi connectivity index (χ0n) is 7.50. The third kappa shape index (κ3) is 2.26. The number of nitrogens with zero attached hydrogens (tertiary/aromatic N) is 1. The molecule has 1 aromatic heterocycles. The van der Waals surface area contributed by atoms with Crippen molar-refractivity contribution in [1.82, 2.24) is 4.98 Å². The number of hydrogen-bond donors (Lipinski definition) is 0. The van der Waals surface area contributed by atoms with E-state index in [0.29, 0.717) is 10.7 Å². The largest absolute Gasteiger partial charge is 0.420 e. The van der Waals surface area contributed by atoms with Crippen LogP contribution >= 0.6 is 11.6 Å². The van der Waals surface area contributed by atoms with Gasteiger partial charge in [0, 0.05) is 6.20 Å². The summed E-state index contributed by atoms with van der Waals surface area (Å²) < 4.78 is 4.68. The monoisotopic (exact) mass is 210 g/mol. The van der Waals surface area contributed by atoms with Crippen LogP contribution in [0.1, 0.15) is 16.1 Å². The maximum atomic E-state index is 11.3. The molecule has 1 rings (SSSR count). The van der Waals surface area contributed by atoms with Crippen LogP contribution < -0.4 is 0 Å². The van der Waals surface area contributed by atoms with E-state index in [2.05, 4.69) is 23.2 Å². The molecule has 0 unspecified atom stereocenters. The third-order valence-corrected chi connectivity index (χ3v) is 1.85. The first kappa shape index (κ1) is 10.6. The van der Waals surface area contributed by atoms with Gasteiger partial charge in [0.2, 0.25) is 6.61 Å². The fourth-order valence-corrected chi connectivity index (χ4v) is 1.12. The quantitative estimate of drug-likeness (QED) is 0.568. The lowest BCUT2D eigenvalue weighted by Gasteiger charge is -2.02. The Hall–Kier alpha value is -1.48. The highest BCUT2D eigenvalue weighted by molar-refractivity contribution is 6.33. The first-order valence-electron chi connectivity index (χ1n) is 3.93. The molecule has 0 bridgehead atoms. The van der Waals surface area contributed by atoms with Crippen molar-refractivity contribution in [1.29, 1.82) is 0 Å². The Bertz CT molecular complexity index is 363. The molecule has 0 atom stereocenters. The van der Waals surface area contributed by atoms with Gasteiger partial charge in [0.15, 0.2) is 0 Å². The van der Waals surface area contributed by atoms with Crippen LogP contribution in [0.4, 0.5) is 0 Å². The number of ether oxygens (including phenoxy) is 1. The minimum atomic E-state index is -0.520. The SMILES string of the molecule is C=Cc1cc(Cl)c(C(=O)OC[CH2+])cn1. The number of rotatable bonds is 3. The summed E-state index contributed by atoms with van der Waals surface area (Å²) in [6.45, 7) is 7.00. The van der Waals surface area contributed by atoms with Crippen molar-refractivity contribution in [3.63, 3.8) is 0 Å². The number of halogens is 1. The predicted octanol–water partition coefficient (Wildman–Crippen LogP) is 2.37. The van der Waals surface area contributed by atoms with Crippen molar-refractivity contribution in [2.24, 2.45) is 0 Å². The smallest absolute Gasteiger partial charge is 0.344 e. The topological polar surface area (TPSA) is 39.2 Å². The number of carbonyl (C=O) groups is 1. The molecule has 0 aliphatic carbocycles. The van der Waals surface area contributed by atoms with Crippen molar-refractivity contribution < 1.29 is 9.53 Å². The summed E-state index contributed by atoms with van der Waals surface area (Å²) in [4.78, 5) is 15.2.